The Balaban J connectivity index is 1.31. The number of benzene rings is 2. The normalized spacial score (nSPS) is 24.2. The molecule has 13 nitrogen and oxygen atoms in total. The van der Waals surface area contributed by atoms with E-state index in [1.807, 2.05) is 51.1 Å². The van der Waals surface area contributed by atoms with Crippen LogP contribution in [0.4, 0.5) is 0 Å². The number of likely N-dealkylation sites (tertiary alicyclic amines) is 1. The molecule has 1 aromatic heterocycles. The zero-order valence-electron chi connectivity index (χ0n) is 28.0. The Morgan fingerprint density at radius 1 is 1.12 bits per heavy atom. The molecule has 5 unspecified atom stereocenters. The highest BCUT2D eigenvalue weighted by atomic mass is 32.2. The number of fused-ring (bicyclic) bond motifs is 1. The fraction of sp³-hybridized carbons (Fsp3) is 0.457. The first kappa shape index (κ1) is 34.3. The van der Waals surface area contributed by atoms with E-state index in [9.17, 15) is 22.8 Å². The lowest BCUT2D eigenvalue weighted by molar-refractivity contribution is -0.142. The highest BCUT2D eigenvalue weighted by Gasteiger charge is 2.62. The molecule has 0 bridgehead atoms. The van der Waals surface area contributed by atoms with Crippen LogP contribution in [0, 0.1) is 11.3 Å². The van der Waals surface area contributed by atoms with Crippen molar-refractivity contribution in [3.8, 4) is 23.0 Å². The van der Waals surface area contributed by atoms with E-state index in [2.05, 4.69) is 16.6 Å². The minimum atomic E-state index is -3.87. The Hall–Kier alpha value is -4.56. The van der Waals surface area contributed by atoms with Crippen molar-refractivity contribution in [3.05, 3.63) is 61.2 Å². The van der Waals surface area contributed by atoms with Crippen LogP contribution in [0.3, 0.4) is 0 Å². The molecule has 260 valence electrons. The molecule has 3 amide bonds. The largest absolute Gasteiger partial charge is 0.497 e. The summed E-state index contributed by atoms with van der Waals surface area (Å²) < 4.78 is 39.4. The minimum absolute atomic E-state index is 0.0109. The number of carbonyl (C=O) groups is 3. The molecule has 1 saturated heterocycles. The number of hydrogen-bond acceptors (Lipinski definition) is 10. The smallest absolute Gasteiger partial charge is 0.259 e. The highest BCUT2D eigenvalue weighted by molar-refractivity contribution is 7.91. The van der Waals surface area contributed by atoms with Crippen LogP contribution in [-0.4, -0.2) is 83.6 Å². The molecule has 49 heavy (non-hydrogen) atoms. The number of methoxy groups -OCH3 is 1. The fourth-order valence-electron chi connectivity index (χ4n) is 6.11. The van der Waals surface area contributed by atoms with Gasteiger partial charge in [-0.2, -0.15) is 4.98 Å². The van der Waals surface area contributed by atoms with E-state index in [0.717, 1.165) is 5.56 Å². The molecular formula is C35H42N6O7S. The van der Waals surface area contributed by atoms with E-state index in [0.29, 0.717) is 35.3 Å². The molecule has 2 aliphatic carbocycles. The zero-order chi connectivity index (χ0) is 35.3. The van der Waals surface area contributed by atoms with Gasteiger partial charge < -0.3 is 25.4 Å². The van der Waals surface area contributed by atoms with Gasteiger partial charge in [-0.05, 0) is 42.9 Å². The maximum atomic E-state index is 14.1. The molecule has 0 spiro atoms. The number of rotatable bonds is 11. The lowest BCUT2D eigenvalue weighted by Gasteiger charge is -2.33. The van der Waals surface area contributed by atoms with E-state index in [1.165, 1.54) is 11.0 Å². The third-order valence-corrected chi connectivity index (χ3v) is 11.3. The molecular weight excluding hydrogens is 648 g/mol. The van der Waals surface area contributed by atoms with Crippen LogP contribution in [0.5, 0.6) is 11.6 Å². The zero-order valence-corrected chi connectivity index (χ0v) is 28.8. The van der Waals surface area contributed by atoms with Crippen LogP contribution in [0.2, 0.25) is 0 Å². The van der Waals surface area contributed by atoms with Crippen LogP contribution >= 0.6 is 0 Å². The molecule has 6 rings (SSSR count). The van der Waals surface area contributed by atoms with Crippen molar-refractivity contribution >= 4 is 38.6 Å². The van der Waals surface area contributed by atoms with Gasteiger partial charge in [0.05, 0.1) is 35.8 Å². The summed E-state index contributed by atoms with van der Waals surface area (Å²) in [5.41, 5.74) is 5.67. The third-order valence-electron chi connectivity index (χ3n) is 9.47. The van der Waals surface area contributed by atoms with Crippen LogP contribution < -0.4 is 25.2 Å². The molecule has 2 heterocycles. The number of carbonyl (C=O) groups excluding carboxylic acids is 3. The maximum absolute atomic E-state index is 14.1. The van der Waals surface area contributed by atoms with Gasteiger partial charge in [-0.3, -0.25) is 19.1 Å². The lowest BCUT2D eigenvalue weighted by atomic mass is 9.86. The lowest BCUT2D eigenvalue weighted by Crippen LogP contribution is -2.59. The summed E-state index contributed by atoms with van der Waals surface area (Å²) in [5.74, 6) is -1.13. The van der Waals surface area contributed by atoms with E-state index in [-0.39, 0.29) is 25.3 Å². The van der Waals surface area contributed by atoms with Gasteiger partial charge in [-0.25, -0.2) is 13.4 Å². The maximum Gasteiger partial charge on any atom is 0.259 e. The fourth-order valence-corrected chi connectivity index (χ4v) is 7.48. The predicted octanol–water partition coefficient (Wildman–Crippen LogP) is 2.70. The number of nitrogens with two attached hydrogens (primary N) is 1. The monoisotopic (exact) mass is 690 g/mol. The predicted molar refractivity (Wildman–Crippen MR) is 183 cm³/mol. The van der Waals surface area contributed by atoms with Gasteiger partial charge in [0.2, 0.25) is 27.7 Å². The second-order valence-electron chi connectivity index (χ2n) is 14.1. The van der Waals surface area contributed by atoms with Crippen LogP contribution in [-0.2, 0) is 24.4 Å². The molecule has 2 aromatic carbocycles. The molecule has 3 aliphatic rings. The minimum Gasteiger partial charge on any atom is -0.497 e. The number of amides is 3. The second-order valence-corrected chi connectivity index (χ2v) is 16.1. The van der Waals surface area contributed by atoms with E-state index in [4.69, 9.17) is 25.2 Å². The summed E-state index contributed by atoms with van der Waals surface area (Å²) in [6.45, 7) is 9.27. The van der Waals surface area contributed by atoms with Gasteiger partial charge in [0, 0.05) is 17.9 Å². The summed E-state index contributed by atoms with van der Waals surface area (Å²) in [5, 5.41) is 2.75. The summed E-state index contributed by atoms with van der Waals surface area (Å²) in [6, 6.07) is 12.8. The topological polar surface area (TPSA) is 183 Å². The van der Waals surface area contributed by atoms with Crippen molar-refractivity contribution < 1.29 is 32.3 Å². The van der Waals surface area contributed by atoms with Crippen molar-refractivity contribution in [2.24, 2.45) is 17.1 Å². The van der Waals surface area contributed by atoms with Gasteiger partial charge in [0.25, 0.3) is 5.91 Å². The van der Waals surface area contributed by atoms with E-state index in [1.54, 1.807) is 25.3 Å². The number of hydrogen-bond donors (Lipinski definition) is 3. The molecule has 5 atom stereocenters. The Morgan fingerprint density at radius 2 is 1.84 bits per heavy atom. The number of ether oxygens (including phenoxy) is 2. The molecule has 3 fully saturated rings. The first-order chi connectivity index (χ1) is 23.2. The Bertz CT molecular complexity index is 1910. The van der Waals surface area contributed by atoms with Crippen molar-refractivity contribution in [2.75, 3.05) is 13.7 Å². The third kappa shape index (κ3) is 6.84. The summed E-state index contributed by atoms with van der Waals surface area (Å²) in [7, 11) is -2.32. The van der Waals surface area contributed by atoms with Gasteiger partial charge >= 0.3 is 0 Å². The molecule has 14 heteroatoms. The standard InChI is InChI=1S/C35H42N6O7S/c1-6-21-18-35(21,33(44)40-49(45,46)24-13-14-24)39-30(42)27-17-23(19-41(27)32(43)28(36)34(2,3)4)48-31-25-16-22(47-5)12-15-26(25)37-29(38-31)20-10-8-7-9-11-20/h6-12,15-16,21,23-24,27-28H,1,13-14,17-19,36H2,2-5H3,(H,39,42)(H,40,44). The number of aromatic nitrogens is 2. The molecule has 3 aromatic rings. The number of nitrogens with zero attached hydrogens (tertiary/aromatic N) is 3. The van der Waals surface area contributed by atoms with Crippen LogP contribution in [0.15, 0.2) is 61.2 Å². The highest BCUT2D eigenvalue weighted by Crippen LogP contribution is 2.45. The van der Waals surface area contributed by atoms with E-state index >= 15 is 0 Å². The Kier molecular flexibility index (Phi) is 8.90. The van der Waals surface area contributed by atoms with Crippen molar-refractivity contribution in [1.29, 1.82) is 0 Å². The molecule has 1 aliphatic heterocycles. The quantitative estimate of drug-likeness (QED) is 0.253. The van der Waals surface area contributed by atoms with Crippen LogP contribution in [0.25, 0.3) is 22.3 Å². The summed E-state index contributed by atoms with van der Waals surface area (Å²) in [6.07, 6.45) is 2.00. The number of sulfonamides is 1. The van der Waals surface area contributed by atoms with Gasteiger partial charge in [0.1, 0.15) is 23.4 Å². The van der Waals surface area contributed by atoms with Gasteiger partial charge in [-0.15, -0.1) is 6.58 Å². The Morgan fingerprint density at radius 3 is 2.45 bits per heavy atom. The molecule has 0 radical (unpaired) electrons. The number of nitrogens with one attached hydrogen (secondary N) is 2. The Labute approximate surface area is 285 Å². The summed E-state index contributed by atoms with van der Waals surface area (Å²) >= 11 is 0. The van der Waals surface area contributed by atoms with Gasteiger partial charge in [0.15, 0.2) is 5.82 Å². The average molecular weight is 691 g/mol. The SMILES string of the molecule is C=CC1CC1(NC(=O)C1CC(Oc2nc(-c3ccccc3)nc3ccc(OC)cc23)CN1C(=O)C(N)C(C)(C)C)C(=O)NS(=O)(=O)C1CC1. The molecule has 2 saturated carbocycles. The van der Waals surface area contributed by atoms with E-state index < -0.39 is 68.1 Å². The van der Waals surface area contributed by atoms with Crippen molar-refractivity contribution in [3.63, 3.8) is 0 Å². The summed E-state index contributed by atoms with van der Waals surface area (Å²) in [4.78, 5) is 52.2. The van der Waals surface area contributed by atoms with Crippen molar-refractivity contribution in [1.82, 2.24) is 24.9 Å². The molecule has 4 N–H and O–H groups in total. The van der Waals surface area contributed by atoms with Crippen molar-refractivity contribution in [2.45, 2.75) is 75.4 Å². The first-order valence-electron chi connectivity index (χ1n) is 16.3. The first-order valence-corrected chi connectivity index (χ1v) is 17.9. The van der Waals surface area contributed by atoms with Gasteiger partial charge in [-0.1, -0.05) is 57.2 Å². The van der Waals surface area contributed by atoms with Crippen LogP contribution in [0.1, 0.15) is 46.5 Å². The second kappa shape index (κ2) is 12.7. The average Bonchev–Trinajstić information content (AvgIpc) is 4.00.